The maximum Gasteiger partial charge on any atom is 0.416 e. The maximum absolute atomic E-state index is 13.2. The molecule has 34 heavy (non-hydrogen) atoms. The fourth-order valence-electron chi connectivity index (χ4n) is 3.56. The zero-order valence-electron chi connectivity index (χ0n) is 17.5. The van der Waals surface area contributed by atoms with E-state index in [9.17, 15) is 27.6 Å². The van der Waals surface area contributed by atoms with E-state index < -0.39 is 42.2 Å². The molecule has 2 aromatic heterocycles. The molecule has 1 N–H and O–H groups in total. The van der Waals surface area contributed by atoms with Crippen molar-refractivity contribution in [3.8, 4) is 5.69 Å². The summed E-state index contributed by atoms with van der Waals surface area (Å²) in [5, 5.41) is 6.17. The largest absolute Gasteiger partial charge is 0.459 e. The van der Waals surface area contributed by atoms with Gasteiger partial charge in [-0.1, -0.05) is 0 Å². The smallest absolute Gasteiger partial charge is 0.416 e. The second kappa shape index (κ2) is 9.37. The Morgan fingerprint density at radius 2 is 2.06 bits per heavy atom. The van der Waals surface area contributed by atoms with E-state index in [1.54, 1.807) is 6.07 Å². The van der Waals surface area contributed by atoms with Gasteiger partial charge in [0.15, 0.2) is 12.4 Å². The topological polar surface area (TPSA) is 120 Å². The van der Waals surface area contributed by atoms with Crippen molar-refractivity contribution < 1.29 is 36.7 Å². The van der Waals surface area contributed by atoms with E-state index >= 15 is 0 Å². The predicted molar refractivity (Wildman–Crippen MR) is 109 cm³/mol. The molecule has 1 aliphatic heterocycles. The van der Waals surface area contributed by atoms with Crippen molar-refractivity contribution in [3.05, 3.63) is 60.6 Å². The molecular formula is C21H18F3N5O5. The Bertz CT molecular complexity index is 1180. The van der Waals surface area contributed by atoms with E-state index in [0.29, 0.717) is 19.4 Å². The lowest BCUT2D eigenvalue weighted by atomic mass is 10.1. The lowest BCUT2D eigenvalue weighted by molar-refractivity contribution is -0.151. The van der Waals surface area contributed by atoms with Crippen molar-refractivity contribution in [2.45, 2.75) is 25.1 Å². The fourth-order valence-corrected chi connectivity index (χ4v) is 3.56. The first-order valence-corrected chi connectivity index (χ1v) is 10.1. The molecular weight excluding hydrogens is 459 g/mol. The van der Waals surface area contributed by atoms with Gasteiger partial charge < -0.3 is 19.4 Å². The Balaban J connectivity index is 1.43. The lowest BCUT2D eigenvalue weighted by Crippen LogP contribution is -2.42. The van der Waals surface area contributed by atoms with E-state index in [0.717, 1.165) is 18.2 Å². The maximum atomic E-state index is 13.2. The molecule has 1 atom stereocenters. The van der Waals surface area contributed by atoms with Crippen molar-refractivity contribution in [2.24, 2.45) is 0 Å². The van der Waals surface area contributed by atoms with Crippen molar-refractivity contribution in [2.75, 3.05) is 18.5 Å². The summed E-state index contributed by atoms with van der Waals surface area (Å²) in [4.78, 5) is 42.5. The Hall–Kier alpha value is -4.16. The van der Waals surface area contributed by atoms with Gasteiger partial charge in [-0.2, -0.15) is 18.3 Å². The summed E-state index contributed by atoms with van der Waals surface area (Å²) in [7, 11) is 0. The van der Waals surface area contributed by atoms with Gasteiger partial charge in [-0.15, -0.1) is 0 Å². The molecule has 3 aromatic rings. The zero-order valence-corrected chi connectivity index (χ0v) is 17.5. The Morgan fingerprint density at radius 3 is 2.74 bits per heavy atom. The van der Waals surface area contributed by atoms with Crippen LogP contribution in [0.3, 0.4) is 0 Å². The number of furan rings is 1. The van der Waals surface area contributed by atoms with Crippen LogP contribution in [0, 0.1) is 0 Å². The number of benzene rings is 1. The summed E-state index contributed by atoms with van der Waals surface area (Å²) in [6, 6.07) is 4.84. The highest BCUT2D eigenvalue weighted by atomic mass is 19.4. The van der Waals surface area contributed by atoms with Gasteiger partial charge in [0, 0.05) is 6.54 Å². The highest BCUT2D eigenvalue weighted by molar-refractivity contribution is 5.97. The number of alkyl halides is 3. The molecule has 0 unspecified atom stereocenters. The number of nitrogens with one attached hydrogen (secondary N) is 1. The van der Waals surface area contributed by atoms with Crippen molar-refractivity contribution in [1.82, 2.24) is 19.7 Å². The average Bonchev–Trinajstić information content (AvgIpc) is 3.58. The Morgan fingerprint density at radius 1 is 1.24 bits per heavy atom. The third-order valence-electron chi connectivity index (χ3n) is 5.13. The third-order valence-corrected chi connectivity index (χ3v) is 5.13. The molecule has 0 spiro atoms. The standard InChI is InChI=1S/C21H18F3N5O5/c22-21(23,24)13-5-6-15(29-12-25-11-26-29)14(9-13)27-18(30)10-34-20(32)16-3-1-7-28(16)19(31)17-4-2-8-33-17/h2,4-6,8-9,11-12,16H,1,3,7,10H2,(H,27,30)/t16-/m0/s1. The summed E-state index contributed by atoms with van der Waals surface area (Å²) in [6.45, 7) is -0.442. The minimum absolute atomic E-state index is 0.0719. The van der Waals surface area contributed by atoms with E-state index in [1.165, 1.54) is 34.6 Å². The molecule has 4 rings (SSSR count). The number of amides is 2. The van der Waals surface area contributed by atoms with Crippen LogP contribution in [0.15, 0.2) is 53.7 Å². The third kappa shape index (κ3) is 4.92. The molecule has 1 aromatic carbocycles. The number of likely N-dealkylation sites (tertiary alicyclic amines) is 1. The second-order valence-corrected chi connectivity index (χ2v) is 7.36. The molecule has 3 heterocycles. The van der Waals surface area contributed by atoms with Crippen LogP contribution in [0.5, 0.6) is 0 Å². The number of rotatable bonds is 6. The van der Waals surface area contributed by atoms with Crippen molar-refractivity contribution in [1.29, 1.82) is 0 Å². The van der Waals surface area contributed by atoms with Gasteiger partial charge in [0.2, 0.25) is 0 Å². The quantitative estimate of drug-likeness (QED) is 0.542. The second-order valence-electron chi connectivity index (χ2n) is 7.36. The van der Waals surface area contributed by atoms with Gasteiger partial charge in [-0.3, -0.25) is 9.59 Å². The van der Waals surface area contributed by atoms with E-state index in [1.807, 2.05) is 0 Å². The Kier molecular flexibility index (Phi) is 6.34. The fraction of sp³-hybridized carbons (Fsp3) is 0.286. The van der Waals surface area contributed by atoms with Gasteiger partial charge in [0.25, 0.3) is 11.8 Å². The molecule has 1 saturated heterocycles. The first kappa shape index (κ1) is 23.0. The first-order valence-electron chi connectivity index (χ1n) is 10.1. The highest BCUT2D eigenvalue weighted by Gasteiger charge is 2.37. The van der Waals surface area contributed by atoms with Gasteiger partial charge >= 0.3 is 12.1 Å². The molecule has 10 nitrogen and oxygen atoms in total. The number of esters is 1. The van der Waals surface area contributed by atoms with Crippen LogP contribution in [0.1, 0.15) is 29.0 Å². The van der Waals surface area contributed by atoms with E-state index in [2.05, 4.69) is 15.4 Å². The minimum Gasteiger partial charge on any atom is -0.459 e. The number of carbonyl (C=O) groups excluding carboxylic acids is 3. The van der Waals surface area contributed by atoms with E-state index in [-0.39, 0.29) is 17.1 Å². The summed E-state index contributed by atoms with van der Waals surface area (Å²) in [6.07, 6.45) is 0.0356. The molecule has 1 fully saturated rings. The minimum atomic E-state index is -4.64. The van der Waals surface area contributed by atoms with Gasteiger partial charge in [-0.25, -0.2) is 14.5 Å². The molecule has 0 saturated carbocycles. The van der Waals surface area contributed by atoms with Crippen LogP contribution in [-0.4, -0.2) is 56.6 Å². The number of aromatic nitrogens is 3. The van der Waals surface area contributed by atoms with Crippen LogP contribution in [0.4, 0.5) is 18.9 Å². The van der Waals surface area contributed by atoms with Gasteiger partial charge in [-0.05, 0) is 43.2 Å². The van der Waals surface area contributed by atoms with Crippen molar-refractivity contribution in [3.63, 3.8) is 0 Å². The number of hydrogen-bond acceptors (Lipinski definition) is 7. The Labute approximate surface area is 190 Å². The monoisotopic (exact) mass is 477 g/mol. The van der Waals surface area contributed by atoms with Crippen LogP contribution in [-0.2, 0) is 20.5 Å². The van der Waals surface area contributed by atoms with Crippen LogP contribution in [0.25, 0.3) is 5.69 Å². The van der Waals surface area contributed by atoms with Crippen LogP contribution < -0.4 is 5.32 Å². The number of nitrogens with zero attached hydrogens (tertiary/aromatic N) is 4. The lowest BCUT2D eigenvalue weighted by Gasteiger charge is -2.22. The number of hydrogen-bond donors (Lipinski definition) is 1. The number of carbonyl (C=O) groups is 3. The number of halogens is 3. The first-order chi connectivity index (χ1) is 16.2. The molecule has 0 bridgehead atoms. The predicted octanol–water partition coefficient (Wildman–Crippen LogP) is 2.67. The molecule has 13 heteroatoms. The molecule has 2 amide bonds. The summed E-state index contributed by atoms with van der Waals surface area (Å²) < 4.78 is 50.8. The van der Waals surface area contributed by atoms with Crippen molar-refractivity contribution >= 4 is 23.5 Å². The molecule has 1 aliphatic rings. The summed E-state index contributed by atoms with van der Waals surface area (Å²) >= 11 is 0. The highest BCUT2D eigenvalue weighted by Crippen LogP contribution is 2.33. The molecule has 178 valence electrons. The van der Waals surface area contributed by atoms with Gasteiger partial charge in [0.1, 0.15) is 18.7 Å². The van der Waals surface area contributed by atoms with Crippen LogP contribution in [0.2, 0.25) is 0 Å². The summed E-state index contributed by atoms with van der Waals surface area (Å²) in [5.41, 5.74) is -1.05. The SMILES string of the molecule is O=C(COC(=O)[C@@H]1CCCN1C(=O)c1ccco1)Nc1cc(C(F)(F)F)ccc1-n1cncn1. The number of ether oxygens (including phenoxy) is 1. The zero-order chi connectivity index (χ0) is 24.3. The molecule has 0 radical (unpaired) electrons. The normalized spacial score (nSPS) is 15.9. The van der Waals surface area contributed by atoms with Gasteiger partial charge in [0.05, 0.1) is 23.2 Å². The van der Waals surface area contributed by atoms with E-state index in [4.69, 9.17) is 9.15 Å². The van der Waals surface area contributed by atoms with Crippen LogP contribution >= 0.6 is 0 Å². The average molecular weight is 477 g/mol. The molecule has 0 aliphatic carbocycles. The summed E-state index contributed by atoms with van der Waals surface area (Å²) in [5.74, 6) is -2.07. The number of anilines is 1.